The number of carbonyl (C=O) groups is 1. The van der Waals surface area contributed by atoms with Crippen LogP contribution in [0.25, 0.3) is 11.3 Å². The zero-order valence-corrected chi connectivity index (χ0v) is 9.96. The summed E-state index contributed by atoms with van der Waals surface area (Å²) in [5.74, 6) is 0.252. The van der Waals surface area contributed by atoms with Gasteiger partial charge in [-0.2, -0.15) is 0 Å². The van der Waals surface area contributed by atoms with Crippen molar-refractivity contribution in [2.24, 2.45) is 0 Å². The molecule has 0 saturated heterocycles. The van der Waals surface area contributed by atoms with Gasteiger partial charge < -0.3 is 9.52 Å². The number of nitrogens with one attached hydrogen (secondary N) is 1. The minimum Gasteiger partial charge on any atom is -0.480 e. The van der Waals surface area contributed by atoms with E-state index in [1.54, 1.807) is 13.1 Å². The highest BCUT2D eigenvalue weighted by atomic mass is 16.4. The fourth-order valence-electron chi connectivity index (χ4n) is 1.46. The van der Waals surface area contributed by atoms with Gasteiger partial charge in [0.1, 0.15) is 6.04 Å². The summed E-state index contributed by atoms with van der Waals surface area (Å²) in [6.45, 7) is 1.86. The topological polar surface area (TPSA) is 75.4 Å². The normalized spacial score (nSPS) is 12.3. The average molecular weight is 246 g/mol. The largest absolute Gasteiger partial charge is 0.480 e. The lowest BCUT2D eigenvalue weighted by Gasteiger charge is -2.05. The van der Waals surface area contributed by atoms with Gasteiger partial charge >= 0.3 is 5.97 Å². The number of hydrogen-bond donors (Lipinski definition) is 2. The predicted octanol–water partition coefficient (Wildman–Crippen LogP) is 1.90. The molecule has 94 valence electrons. The number of oxazole rings is 1. The van der Waals surface area contributed by atoms with E-state index in [1.807, 2.05) is 30.3 Å². The second-order valence-corrected chi connectivity index (χ2v) is 3.93. The van der Waals surface area contributed by atoms with Crippen molar-refractivity contribution < 1.29 is 14.3 Å². The first-order valence-corrected chi connectivity index (χ1v) is 5.63. The van der Waals surface area contributed by atoms with Crippen LogP contribution in [0.5, 0.6) is 0 Å². The van der Waals surface area contributed by atoms with Crippen LogP contribution in [0.4, 0.5) is 0 Å². The SMILES string of the molecule is C[C@H](NCc1ncc(-c2ccccc2)o1)C(=O)O. The second-order valence-electron chi connectivity index (χ2n) is 3.93. The molecule has 0 unspecified atom stereocenters. The molecule has 18 heavy (non-hydrogen) atoms. The standard InChI is InChI=1S/C13H14N2O3/c1-9(13(16)17)14-8-12-15-7-11(18-12)10-5-3-2-4-6-10/h2-7,9,14H,8H2,1H3,(H,16,17)/t9-/m0/s1. The Morgan fingerprint density at radius 2 is 2.17 bits per heavy atom. The molecule has 1 aromatic carbocycles. The van der Waals surface area contributed by atoms with Gasteiger partial charge in [0.25, 0.3) is 0 Å². The van der Waals surface area contributed by atoms with E-state index in [-0.39, 0.29) is 0 Å². The molecule has 2 rings (SSSR count). The minimum atomic E-state index is -0.898. The molecular formula is C13H14N2O3. The Morgan fingerprint density at radius 3 is 2.83 bits per heavy atom. The highest BCUT2D eigenvalue weighted by Gasteiger charge is 2.11. The molecule has 1 atom stereocenters. The van der Waals surface area contributed by atoms with Crippen molar-refractivity contribution in [1.82, 2.24) is 10.3 Å². The van der Waals surface area contributed by atoms with Crippen molar-refractivity contribution in [3.8, 4) is 11.3 Å². The van der Waals surface area contributed by atoms with Crippen molar-refractivity contribution in [2.75, 3.05) is 0 Å². The Hall–Kier alpha value is -2.14. The van der Waals surface area contributed by atoms with E-state index >= 15 is 0 Å². The van der Waals surface area contributed by atoms with Gasteiger partial charge in [0.2, 0.25) is 5.89 Å². The molecule has 0 radical (unpaired) electrons. The Balaban J connectivity index is 2.01. The summed E-state index contributed by atoms with van der Waals surface area (Å²) >= 11 is 0. The van der Waals surface area contributed by atoms with Crippen molar-refractivity contribution in [3.05, 3.63) is 42.4 Å². The second kappa shape index (κ2) is 5.46. The van der Waals surface area contributed by atoms with E-state index in [0.717, 1.165) is 5.56 Å². The molecule has 1 aromatic heterocycles. The molecule has 5 nitrogen and oxygen atoms in total. The summed E-state index contributed by atoms with van der Waals surface area (Å²) in [4.78, 5) is 14.7. The molecular weight excluding hydrogens is 232 g/mol. The molecule has 2 aromatic rings. The maximum absolute atomic E-state index is 10.6. The van der Waals surface area contributed by atoms with Crippen LogP contribution >= 0.6 is 0 Å². The fraction of sp³-hybridized carbons (Fsp3) is 0.231. The van der Waals surface area contributed by atoms with Crippen LogP contribution in [-0.2, 0) is 11.3 Å². The Morgan fingerprint density at radius 1 is 1.44 bits per heavy atom. The van der Waals surface area contributed by atoms with E-state index in [1.165, 1.54) is 0 Å². The number of benzene rings is 1. The highest BCUT2D eigenvalue weighted by Crippen LogP contribution is 2.19. The number of carboxylic acids is 1. The number of nitrogens with zero attached hydrogens (tertiary/aromatic N) is 1. The van der Waals surface area contributed by atoms with E-state index in [2.05, 4.69) is 10.3 Å². The first-order chi connectivity index (χ1) is 8.66. The quantitative estimate of drug-likeness (QED) is 0.842. The van der Waals surface area contributed by atoms with E-state index in [9.17, 15) is 4.79 Å². The summed E-state index contributed by atoms with van der Waals surface area (Å²) < 4.78 is 5.53. The number of hydrogen-bond acceptors (Lipinski definition) is 4. The molecule has 0 saturated carbocycles. The smallest absolute Gasteiger partial charge is 0.320 e. The highest BCUT2D eigenvalue weighted by molar-refractivity contribution is 5.72. The van der Waals surface area contributed by atoms with Gasteiger partial charge in [-0.05, 0) is 6.92 Å². The molecule has 0 aliphatic carbocycles. The van der Waals surface area contributed by atoms with Gasteiger partial charge in [0, 0.05) is 5.56 Å². The van der Waals surface area contributed by atoms with Crippen LogP contribution in [0.15, 0.2) is 40.9 Å². The lowest BCUT2D eigenvalue weighted by molar-refractivity contribution is -0.139. The Kier molecular flexibility index (Phi) is 3.74. The molecule has 5 heteroatoms. The first kappa shape index (κ1) is 12.3. The van der Waals surface area contributed by atoms with Crippen molar-refractivity contribution >= 4 is 5.97 Å². The zero-order chi connectivity index (χ0) is 13.0. The Labute approximate surface area is 104 Å². The molecule has 0 fully saturated rings. The maximum atomic E-state index is 10.6. The molecule has 0 aliphatic heterocycles. The van der Waals surface area contributed by atoms with Gasteiger partial charge in [-0.3, -0.25) is 10.1 Å². The van der Waals surface area contributed by atoms with Crippen molar-refractivity contribution in [1.29, 1.82) is 0 Å². The van der Waals surface area contributed by atoms with Gasteiger partial charge in [0.05, 0.1) is 12.7 Å². The van der Waals surface area contributed by atoms with Crippen LogP contribution in [0, 0.1) is 0 Å². The van der Waals surface area contributed by atoms with Crippen LogP contribution in [0.3, 0.4) is 0 Å². The molecule has 0 aliphatic rings. The van der Waals surface area contributed by atoms with Crippen molar-refractivity contribution in [3.63, 3.8) is 0 Å². The third kappa shape index (κ3) is 2.95. The van der Waals surface area contributed by atoms with Crippen LogP contribution in [0.1, 0.15) is 12.8 Å². The first-order valence-electron chi connectivity index (χ1n) is 5.63. The van der Waals surface area contributed by atoms with Crippen LogP contribution in [-0.4, -0.2) is 22.1 Å². The zero-order valence-electron chi connectivity index (χ0n) is 9.96. The van der Waals surface area contributed by atoms with Crippen molar-refractivity contribution in [2.45, 2.75) is 19.5 Å². The summed E-state index contributed by atoms with van der Waals surface area (Å²) in [7, 11) is 0. The summed E-state index contributed by atoms with van der Waals surface area (Å²) in [6.07, 6.45) is 1.64. The number of aromatic nitrogens is 1. The average Bonchev–Trinajstić information content (AvgIpc) is 2.85. The van der Waals surface area contributed by atoms with E-state index < -0.39 is 12.0 Å². The number of aliphatic carboxylic acids is 1. The molecule has 0 spiro atoms. The van der Waals surface area contributed by atoms with Gasteiger partial charge in [-0.1, -0.05) is 30.3 Å². The van der Waals surface area contributed by atoms with E-state index in [0.29, 0.717) is 18.2 Å². The summed E-state index contributed by atoms with van der Waals surface area (Å²) in [6, 6.07) is 8.99. The number of rotatable bonds is 5. The van der Waals surface area contributed by atoms with Gasteiger partial charge in [0.15, 0.2) is 5.76 Å². The lowest BCUT2D eigenvalue weighted by Crippen LogP contribution is -2.33. The summed E-state index contributed by atoms with van der Waals surface area (Å²) in [5, 5.41) is 11.5. The van der Waals surface area contributed by atoms with Gasteiger partial charge in [-0.15, -0.1) is 0 Å². The summed E-state index contributed by atoms with van der Waals surface area (Å²) in [5.41, 5.74) is 0.947. The third-order valence-corrected chi connectivity index (χ3v) is 2.54. The van der Waals surface area contributed by atoms with Crippen LogP contribution in [0.2, 0.25) is 0 Å². The third-order valence-electron chi connectivity index (χ3n) is 2.54. The monoisotopic (exact) mass is 246 g/mol. The fourth-order valence-corrected chi connectivity index (χ4v) is 1.46. The lowest BCUT2D eigenvalue weighted by atomic mass is 10.2. The van der Waals surface area contributed by atoms with Crippen LogP contribution < -0.4 is 5.32 Å². The molecule has 0 bridgehead atoms. The van der Waals surface area contributed by atoms with Gasteiger partial charge in [-0.25, -0.2) is 4.98 Å². The maximum Gasteiger partial charge on any atom is 0.320 e. The molecule has 0 amide bonds. The predicted molar refractivity (Wildman–Crippen MR) is 65.9 cm³/mol. The number of carboxylic acid groups (broad SMARTS) is 1. The van der Waals surface area contributed by atoms with E-state index in [4.69, 9.17) is 9.52 Å². The minimum absolute atomic E-state index is 0.292. The molecule has 1 heterocycles. The molecule has 2 N–H and O–H groups in total. The Bertz CT molecular complexity index is 522.